The van der Waals surface area contributed by atoms with Crippen LogP contribution in [-0.2, 0) is 13.0 Å². The standard InChI is InChI=1S/C21H26N4O/c1-4-19-13-20(26-25-19)14-23-21(22-5-2)24-15(3)17-11-10-16-8-6-7-9-18(16)12-17/h6-13,15H,4-5,14H2,1-3H3,(H2,22,23,24). The lowest BCUT2D eigenvalue weighted by Crippen LogP contribution is -2.38. The largest absolute Gasteiger partial charge is 0.359 e. The van der Waals surface area contributed by atoms with E-state index in [1.54, 1.807) is 0 Å². The minimum Gasteiger partial charge on any atom is -0.359 e. The summed E-state index contributed by atoms with van der Waals surface area (Å²) < 4.78 is 5.31. The highest BCUT2D eigenvalue weighted by Gasteiger charge is 2.09. The molecule has 0 amide bonds. The summed E-state index contributed by atoms with van der Waals surface area (Å²) in [5, 5.41) is 13.3. The third kappa shape index (κ3) is 4.42. The molecule has 1 aromatic heterocycles. The lowest BCUT2D eigenvalue weighted by atomic mass is 10.0. The second-order valence-electron chi connectivity index (χ2n) is 6.31. The van der Waals surface area contributed by atoms with Crippen LogP contribution in [-0.4, -0.2) is 17.7 Å². The summed E-state index contributed by atoms with van der Waals surface area (Å²) in [7, 11) is 0. The van der Waals surface area contributed by atoms with Crippen LogP contribution in [0.1, 0.15) is 43.8 Å². The molecule has 136 valence electrons. The van der Waals surface area contributed by atoms with E-state index in [1.165, 1.54) is 16.3 Å². The van der Waals surface area contributed by atoms with E-state index >= 15 is 0 Å². The van der Waals surface area contributed by atoms with Gasteiger partial charge in [0.15, 0.2) is 11.7 Å². The van der Waals surface area contributed by atoms with E-state index in [9.17, 15) is 0 Å². The van der Waals surface area contributed by atoms with Gasteiger partial charge in [0, 0.05) is 12.6 Å². The van der Waals surface area contributed by atoms with Crippen molar-refractivity contribution in [2.45, 2.75) is 39.8 Å². The molecule has 1 unspecified atom stereocenters. The topological polar surface area (TPSA) is 62.5 Å². The molecular weight excluding hydrogens is 324 g/mol. The molecule has 0 spiro atoms. The van der Waals surface area contributed by atoms with E-state index in [0.717, 1.165) is 30.4 Å². The second-order valence-corrected chi connectivity index (χ2v) is 6.31. The maximum atomic E-state index is 5.31. The molecule has 0 fully saturated rings. The van der Waals surface area contributed by atoms with Crippen molar-refractivity contribution in [1.82, 2.24) is 15.8 Å². The minimum atomic E-state index is 0.137. The fourth-order valence-corrected chi connectivity index (χ4v) is 2.84. The number of hydrogen-bond acceptors (Lipinski definition) is 3. The smallest absolute Gasteiger partial charge is 0.192 e. The van der Waals surface area contributed by atoms with Gasteiger partial charge in [-0.3, -0.25) is 0 Å². The number of nitrogens with zero attached hydrogens (tertiary/aromatic N) is 2. The first-order valence-electron chi connectivity index (χ1n) is 9.17. The zero-order valence-electron chi connectivity index (χ0n) is 15.6. The number of aliphatic imine (C=N–C) groups is 1. The fourth-order valence-electron chi connectivity index (χ4n) is 2.84. The van der Waals surface area contributed by atoms with Crippen LogP contribution in [0.15, 0.2) is 58.0 Å². The monoisotopic (exact) mass is 350 g/mol. The third-order valence-electron chi connectivity index (χ3n) is 4.33. The quantitative estimate of drug-likeness (QED) is 0.516. The van der Waals surface area contributed by atoms with Gasteiger partial charge in [0.25, 0.3) is 0 Å². The highest BCUT2D eigenvalue weighted by molar-refractivity contribution is 5.84. The Labute approximate surface area is 154 Å². The average molecular weight is 350 g/mol. The first-order valence-corrected chi connectivity index (χ1v) is 9.17. The number of rotatable bonds is 6. The van der Waals surface area contributed by atoms with Gasteiger partial charge in [-0.15, -0.1) is 0 Å². The van der Waals surface area contributed by atoms with E-state index in [-0.39, 0.29) is 6.04 Å². The van der Waals surface area contributed by atoms with Gasteiger partial charge >= 0.3 is 0 Å². The van der Waals surface area contributed by atoms with Gasteiger partial charge in [-0.05, 0) is 42.7 Å². The number of guanidine groups is 1. The van der Waals surface area contributed by atoms with Gasteiger partial charge in [0.2, 0.25) is 0 Å². The number of aromatic nitrogens is 1. The summed E-state index contributed by atoms with van der Waals surface area (Å²) in [6.07, 6.45) is 0.866. The molecule has 1 heterocycles. The van der Waals surface area contributed by atoms with Crippen molar-refractivity contribution in [2.24, 2.45) is 4.99 Å². The highest BCUT2D eigenvalue weighted by Crippen LogP contribution is 2.20. The van der Waals surface area contributed by atoms with Crippen LogP contribution in [0, 0.1) is 0 Å². The Morgan fingerprint density at radius 3 is 2.65 bits per heavy atom. The number of aryl methyl sites for hydroxylation is 1. The molecule has 0 aliphatic rings. The van der Waals surface area contributed by atoms with Gasteiger partial charge in [0.1, 0.15) is 6.54 Å². The van der Waals surface area contributed by atoms with Crippen LogP contribution in [0.3, 0.4) is 0 Å². The van der Waals surface area contributed by atoms with Crippen molar-refractivity contribution in [2.75, 3.05) is 6.54 Å². The van der Waals surface area contributed by atoms with E-state index in [2.05, 4.69) is 84.0 Å². The Morgan fingerprint density at radius 2 is 1.92 bits per heavy atom. The lowest BCUT2D eigenvalue weighted by Gasteiger charge is -2.18. The summed E-state index contributed by atoms with van der Waals surface area (Å²) >= 11 is 0. The zero-order chi connectivity index (χ0) is 18.4. The first kappa shape index (κ1) is 18.0. The maximum Gasteiger partial charge on any atom is 0.192 e. The summed E-state index contributed by atoms with van der Waals surface area (Å²) in [5.41, 5.74) is 2.18. The number of nitrogens with one attached hydrogen (secondary N) is 2. The molecule has 0 saturated carbocycles. The van der Waals surface area contributed by atoms with Crippen molar-refractivity contribution < 1.29 is 4.52 Å². The fraction of sp³-hybridized carbons (Fsp3) is 0.333. The molecule has 0 bridgehead atoms. The molecule has 0 aliphatic heterocycles. The van der Waals surface area contributed by atoms with Crippen LogP contribution in [0.5, 0.6) is 0 Å². The Morgan fingerprint density at radius 1 is 1.12 bits per heavy atom. The van der Waals surface area contributed by atoms with Crippen molar-refractivity contribution in [1.29, 1.82) is 0 Å². The third-order valence-corrected chi connectivity index (χ3v) is 4.33. The SMILES string of the molecule is CCNC(=NCc1cc(CC)no1)NC(C)c1ccc2ccccc2c1. The van der Waals surface area contributed by atoms with Crippen LogP contribution in [0.4, 0.5) is 0 Å². The van der Waals surface area contributed by atoms with E-state index in [1.807, 2.05) is 6.07 Å². The summed E-state index contributed by atoms with van der Waals surface area (Å²) in [6, 6.07) is 17.0. The summed E-state index contributed by atoms with van der Waals surface area (Å²) in [6.45, 7) is 7.52. The summed E-state index contributed by atoms with van der Waals surface area (Å²) in [5.74, 6) is 1.54. The highest BCUT2D eigenvalue weighted by atomic mass is 16.5. The Kier molecular flexibility index (Phi) is 5.89. The Balaban J connectivity index is 1.71. The van der Waals surface area contributed by atoms with Crippen LogP contribution in [0.2, 0.25) is 0 Å². The van der Waals surface area contributed by atoms with E-state index in [0.29, 0.717) is 6.54 Å². The number of fused-ring (bicyclic) bond motifs is 1. The van der Waals surface area contributed by atoms with Gasteiger partial charge in [0.05, 0.1) is 11.7 Å². The van der Waals surface area contributed by atoms with Gasteiger partial charge < -0.3 is 15.2 Å². The van der Waals surface area contributed by atoms with Crippen molar-refractivity contribution in [3.8, 4) is 0 Å². The molecular formula is C21H26N4O. The maximum absolute atomic E-state index is 5.31. The molecule has 3 aromatic rings. The molecule has 0 saturated heterocycles. The van der Waals surface area contributed by atoms with Crippen LogP contribution in [0.25, 0.3) is 10.8 Å². The van der Waals surface area contributed by atoms with E-state index < -0.39 is 0 Å². The predicted octanol–water partition coefficient (Wildman–Crippen LogP) is 4.21. The van der Waals surface area contributed by atoms with Crippen molar-refractivity contribution in [3.63, 3.8) is 0 Å². The predicted molar refractivity (Wildman–Crippen MR) is 106 cm³/mol. The molecule has 1 atom stereocenters. The molecule has 2 N–H and O–H groups in total. The molecule has 26 heavy (non-hydrogen) atoms. The lowest BCUT2D eigenvalue weighted by molar-refractivity contribution is 0.379. The van der Waals surface area contributed by atoms with Crippen LogP contribution < -0.4 is 10.6 Å². The van der Waals surface area contributed by atoms with E-state index in [4.69, 9.17) is 4.52 Å². The van der Waals surface area contributed by atoms with Crippen molar-refractivity contribution in [3.05, 3.63) is 65.5 Å². The van der Waals surface area contributed by atoms with Crippen molar-refractivity contribution >= 4 is 16.7 Å². The molecule has 3 rings (SSSR count). The summed E-state index contributed by atoms with van der Waals surface area (Å²) in [4.78, 5) is 4.62. The Hall–Kier alpha value is -2.82. The average Bonchev–Trinajstić information content (AvgIpc) is 3.14. The Bertz CT molecular complexity index is 884. The van der Waals surface area contributed by atoms with Gasteiger partial charge in [-0.2, -0.15) is 0 Å². The molecule has 5 heteroatoms. The minimum absolute atomic E-state index is 0.137. The van der Waals surface area contributed by atoms with Crippen LogP contribution >= 0.6 is 0 Å². The second kappa shape index (κ2) is 8.52. The molecule has 0 radical (unpaired) electrons. The van der Waals surface area contributed by atoms with Gasteiger partial charge in [-0.25, -0.2) is 4.99 Å². The number of benzene rings is 2. The normalized spacial score (nSPS) is 13.0. The molecule has 5 nitrogen and oxygen atoms in total. The molecule has 0 aliphatic carbocycles. The first-order chi connectivity index (χ1) is 12.7. The van der Waals surface area contributed by atoms with Gasteiger partial charge in [-0.1, -0.05) is 48.5 Å². The zero-order valence-corrected chi connectivity index (χ0v) is 15.6. The molecule has 2 aromatic carbocycles. The number of hydrogen-bond donors (Lipinski definition) is 2.